The molecule has 2 atom stereocenters. The summed E-state index contributed by atoms with van der Waals surface area (Å²) < 4.78 is 5.30. The molecule has 3 rings (SSSR count). The number of hydrogen-bond acceptors (Lipinski definition) is 4. The van der Waals surface area contributed by atoms with Crippen molar-refractivity contribution in [2.45, 2.75) is 26.2 Å². The third-order valence-corrected chi connectivity index (χ3v) is 4.42. The number of benzene rings is 1. The zero-order valence-corrected chi connectivity index (χ0v) is 13.8. The highest BCUT2D eigenvalue weighted by atomic mass is 35.5. The van der Waals surface area contributed by atoms with Crippen LogP contribution in [0.25, 0.3) is 0 Å². The number of aromatic amines is 1. The maximum Gasteiger partial charge on any atom is 0.315 e. The predicted molar refractivity (Wildman–Crippen MR) is 89.4 cm³/mol. The fraction of sp³-hybridized carbons (Fsp3) is 0.353. The minimum absolute atomic E-state index is 0.246. The first-order valence-electron chi connectivity index (χ1n) is 7.69. The Kier molecular flexibility index (Phi) is 4.48. The monoisotopic (exact) mass is 331 g/mol. The van der Waals surface area contributed by atoms with Crippen LogP contribution < -0.4 is 0 Å². The minimum Gasteiger partial charge on any atom is -0.465 e. The Morgan fingerprint density at radius 1 is 1.30 bits per heavy atom. The molecule has 1 aliphatic rings. The van der Waals surface area contributed by atoms with Gasteiger partial charge in [0.15, 0.2) is 5.82 Å². The van der Waals surface area contributed by atoms with Crippen LogP contribution in [0.2, 0.25) is 5.02 Å². The number of rotatable bonds is 4. The molecular weight excluding hydrogens is 314 g/mol. The largest absolute Gasteiger partial charge is 0.465 e. The lowest BCUT2D eigenvalue weighted by Gasteiger charge is -2.30. The summed E-state index contributed by atoms with van der Waals surface area (Å²) in [6.07, 6.45) is 2.37. The standard InChI is InChI=1S/C17H18ClN3O2/c1-3-13-15(17(22)23-4-2)14(10-7-5-6-8-12(10)18)11-9-19-21-16(11)20-13/h5-9,14-15H,3-4H2,1-2H3,(H,19,21). The van der Waals surface area contributed by atoms with E-state index in [0.717, 1.165) is 16.8 Å². The van der Waals surface area contributed by atoms with Gasteiger partial charge < -0.3 is 4.74 Å². The first-order chi connectivity index (χ1) is 11.2. The SMILES string of the molecule is CCOC(=O)C1C(CC)=Nc2[nH]ncc2C1c1ccccc1Cl. The van der Waals surface area contributed by atoms with E-state index < -0.39 is 5.92 Å². The lowest BCUT2D eigenvalue weighted by Crippen LogP contribution is -2.34. The molecule has 0 fully saturated rings. The highest BCUT2D eigenvalue weighted by Gasteiger charge is 2.41. The van der Waals surface area contributed by atoms with Crippen molar-refractivity contribution >= 4 is 29.1 Å². The molecule has 1 aromatic heterocycles. The molecule has 1 aromatic carbocycles. The summed E-state index contributed by atoms with van der Waals surface area (Å²) in [5.74, 6) is -0.314. The van der Waals surface area contributed by atoms with Crippen molar-refractivity contribution < 1.29 is 9.53 Å². The number of H-pyrrole nitrogens is 1. The molecule has 1 N–H and O–H groups in total. The van der Waals surface area contributed by atoms with Crippen LogP contribution in [0.4, 0.5) is 5.82 Å². The van der Waals surface area contributed by atoms with E-state index in [1.165, 1.54) is 0 Å². The van der Waals surface area contributed by atoms with Gasteiger partial charge >= 0.3 is 5.97 Å². The summed E-state index contributed by atoms with van der Waals surface area (Å²) in [6, 6.07) is 7.56. The normalized spacial score (nSPS) is 19.9. The smallest absolute Gasteiger partial charge is 0.315 e. The second-order valence-corrected chi connectivity index (χ2v) is 5.77. The number of fused-ring (bicyclic) bond motifs is 1. The van der Waals surface area contributed by atoms with Gasteiger partial charge in [-0.1, -0.05) is 36.7 Å². The molecular formula is C17H18ClN3O2. The Labute approximate surface area is 139 Å². The van der Waals surface area contributed by atoms with Gasteiger partial charge in [-0.25, -0.2) is 4.99 Å². The third-order valence-electron chi connectivity index (χ3n) is 4.07. The van der Waals surface area contributed by atoms with E-state index in [2.05, 4.69) is 15.2 Å². The van der Waals surface area contributed by atoms with Crippen LogP contribution in [0, 0.1) is 5.92 Å². The van der Waals surface area contributed by atoms with Gasteiger partial charge in [0.25, 0.3) is 0 Å². The highest BCUT2D eigenvalue weighted by Crippen LogP contribution is 2.44. The van der Waals surface area contributed by atoms with Gasteiger partial charge in [0.2, 0.25) is 0 Å². The number of halogens is 1. The van der Waals surface area contributed by atoms with Crippen molar-refractivity contribution in [1.82, 2.24) is 10.2 Å². The Morgan fingerprint density at radius 3 is 2.78 bits per heavy atom. The number of esters is 1. The van der Waals surface area contributed by atoms with Crippen molar-refractivity contribution in [2.75, 3.05) is 6.61 Å². The van der Waals surface area contributed by atoms with Gasteiger partial charge in [-0.2, -0.15) is 5.10 Å². The van der Waals surface area contributed by atoms with Crippen LogP contribution in [0.3, 0.4) is 0 Å². The minimum atomic E-state index is -0.482. The number of aliphatic imine (C=N–C) groups is 1. The summed E-state index contributed by atoms with van der Waals surface area (Å²) in [6.45, 7) is 4.12. The van der Waals surface area contributed by atoms with E-state index in [0.29, 0.717) is 23.9 Å². The van der Waals surface area contributed by atoms with E-state index in [9.17, 15) is 4.79 Å². The number of ether oxygens (including phenoxy) is 1. The molecule has 23 heavy (non-hydrogen) atoms. The number of nitrogens with zero attached hydrogens (tertiary/aromatic N) is 2. The number of nitrogens with one attached hydrogen (secondary N) is 1. The van der Waals surface area contributed by atoms with Gasteiger partial charge in [0.1, 0.15) is 5.92 Å². The Morgan fingerprint density at radius 2 is 2.09 bits per heavy atom. The van der Waals surface area contributed by atoms with Gasteiger partial charge in [-0.05, 0) is 25.0 Å². The number of aromatic nitrogens is 2. The lowest BCUT2D eigenvalue weighted by molar-refractivity contribution is -0.146. The van der Waals surface area contributed by atoms with Gasteiger partial charge in [-0.15, -0.1) is 0 Å². The Bertz CT molecular complexity index is 754. The van der Waals surface area contributed by atoms with Crippen LogP contribution in [0.5, 0.6) is 0 Å². The predicted octanol–water partition coefficient (Wildman–Crippen LogP) is 3.87. The molecule has 0 spiro atoms. The fourth-order valence-corrected chi connectivity index (χ4v) is 3.32. The Balaban J connectivity index is 2.17. The first kappa shape index (κ1) is 15.7. The molecule has 5 nitrogen and oxygen atoms in total. The second kappa shape index (κ2) is 6.54. The van der Waals surface area contributed by atoms with E-state index in [-0.39, 0.29) is 11.9 Å². The van der Waals surface area contributed by atoms with E-state index >= 15 is 0 Å². The molecule has 0 amide bonds. The molecule has 0 saturated carbocycles. The first-order valence-corrected chi connectivity index (χ1v) is 8.06. The quantitative estimate of drug-likeness (QED) is 0.865. The van der Waals surface area contributed by atoms with E-state index in [4.69, 9.17) is 16.3 Å². The molecule has 6 heteroatoms. The molecule has 0 bridgehead atoms. The van der Waals surface area contributed by atoms with Crippen LogP contribution in [0.1, 0.15) is 37.3 Å². The maximum absolute atomic E-state index is 12.6. The zero-order valence-electron chi connectivity index (χ0n) is 13.0. The topological polar surface area (TPSA) is 67.3 Å². The fourth-order valence-electron chi connectivity index (χ4n) is 3.07. The molecule has 2 aromatic rings. The molecule has 0 aliphatic carbocycles. The summed E-state index contributed by atoms with van der Waals surface area (Å²) in [7, 11) is 0. The number of hydrogen-bond donors (Lipinski definition) is 1. The summed E-state index contributed by atoms with van der Waals surface area (Å²) in [5.41, 5.74) is 2.54. The maximum atomic E-state index is 12.6. The number of carbonyl (C=O) groups is 1. The van der Waals surface area contributed by atoms with Gasteiger partial charge in [-0.3, -0.25) is 9.89 Å². The third kappa shape index (κ3) is 2.77. The van der Waals surface area contributed by atoms with Gasteiger partial charge in [0.05, 0.1) is 12.8 Å². The Hall–Kier alpha value is -2.14. The number of carbonyl (C=O) groups excluding carboxylic acids is 1. The van der Waals surface area contributed by atoms with E-state index in [1.807, 2.05) is 31.2 Å². The van der Waals surface area contributed by atoms with Crippen LogP contribution in [-0.4, -0.2) is 28.5 Å². The molecule has 1 aliphatic heterocycles. The van der Waals surface area contributed by atoms with Crippen molar-refractivity contribution in [3.63, 3.8) is 0 Å². The molecule has 0 radical (unpaired) electrons. The van der Waals surface area contributed by atoms with Crippen molar-refractivity contribution in [3.05, 3.63) is 46.6 Å². The molecule has 0 saturated heterocycles. The summed E-state index contributed by atoms with van der Waals surface area (Å²) in [5, 5.41) is 7.61. The molecule has 2 heterocycles. The van der Waals surface area contributed by atoms with Crippen LogP contribution in [-0.2, 0) is 9.53 Å². The van der Waals surface area contributed by atoms with E-state index in [1.54, 1.807) is 13.1 Å². The zero-order chi connectivity index (χ0) is 16.4. The second-order valence-electron chi connectivity index (χ2n) is 5.36. The molecule has 120 valence electrons. The summed E-state index contributed by atoms with van der Waals surface area (Å²) in [4.78, 5) is 17.2. The van der Waals surface area contributed by atoms with Crippen LogP contribution >= 0.6 is 11.6 Å². The van der Waals surface area contributed by atoms with Crippen LogP contribution in [0.15, 0.2) is 35.5 Å². The average Bonchev–Trinajstić information content (AvgIpc) is 3.02. The van der Waals surface area contributed by atoms with Crippen molar-refractivity contribution in [1.29, 1.82) is 0 Å². The van der Waals surface area contributed by atoms with Crippen molar-refractivity contribution in [3.8, 4) is 0 Å². The molecule has 2 unspecified atom stereocenters. The van der Waals surface area contributed by atoms with Crippen molar-refractivity contribution in [2.24, 2.45) is 10.9 Å². The van der Waals surface area contributed by atoms with Gasteiger partial charge in [0, 0.05) is 22.2 Å². The summed E-state index contributed by atoms with van der Waals surface area (Å²) >= 11 is 6.41. The lowest BCUT2D eigenvalue weighted by atomic mass is 9.76. The highest BCUT2D eigenvalue weighted by molar-refractivity contribution is 6.31. The average molecular weight is 332 g/mol.